The molecule has 0 bridgehead atoms. The van der Waals surface area contributed by atoms with Gasteiger partial charge in [0.25, 0.3) is 0 Å². The molecular formula is C16H16O4S. The highest BCUT2D eigenvalue weighted by molar-refractivity contribution is 7.98. The van der Waals surface area contributed by atoms with Gasteiger partial charge >= 0.3 is 11.9 Å². The smallest absolute Gasteiger partial charge is 0.335 e. The van der Waals surface area contributed by atoms with Gasteiger partial charge in [0.1, 0.15) is 0 Å². The minimum absolute atomic E-state index is 0.0403. The average molecular weight is 304 g/mol. The number of thioether (sulfide) groups is 1. The van der Waals surface area contributed by atoms with Crippen molar-refractivity contribution in [2.75, 3.05) is 12.9 Å². The molecule has 21 heavy (non-hydrogen) atoms. The average Bonchev–Trinajstić information content (AvgIpc) is 2.46. The number of rotatable bonds is 5. The number of carbonyl (C=O) groups excluding carboxylic acids is 1. The van der Waals surface area contributed by atoms with Crippen LogP contribution >= 0.6 is 11.8 Å². The molecular weight excluding hydrogens is 288 g/mol. The van der Waals surface area contributed by atoms with E-state index in [4.69, 9.17) is 9.84 Å². The summed E-state index contributed by atoms with van der Waals surface area (Å²) >= 11 is 1.57. The van der Waals surface area contributed by atoms with Gasteiger partial charge in [0.05, 0.1) is 18.6 Å². The third-order valence-corrected chi connectivity index (χ3v) is 3.24. The predicted molar refractivity (Wildman–Crippen MR) is 82.1 cm³/mol. The Bertz CT molecular complexity index is 608. The second-order valence-corrected chi connectivity index (χ2v) is 4.78. The monoisotopic (exact) mass is 304 g/mol. The Balaban J connectivity index is 2.99. The van der Waals surface area contributed by atoms with Crippen LogP contribution in [0.25, 0.3) is 0 Å². The Morgan fingerprint density at radius 1 is 1.38 bits per heavy atom. The number of carboxylic acid groups (broad SMARTS) is 1. The zero-order valence-corrected chi connectivity index (χ0v) is 12.7. The molecule has 0 fully saturated rings. The zero-order chi connectivity index (χ0) is 15.7. The van der Waals surface area contributed by atoms with Crippen LogP contribution in [0.5, 0.6) is 0 Å². The first-order chi connectivity index (χ1) is 10.1. The van der Waals surface area contributed by atoms with Gasteiger partial charge in [-0.05, 0) is 31.4 Å². The summed E-state index contributed by atoms with van der Waals surface area (Å²) in [6.07, 6.45) is 2.85. The highest BCUT2D eigenvalue weighted by Crippen LogP contribution is 2.18. The van der Waals surface area contributed by atoms with Crippen LogP contribution in [0, 0.1) is 11.8 Å². The molecule has 0 spiro atoms. The van der Waals surface area contributed by atoms with Crippen LogP contribution in [-0.4, -0.2) is 29.9 Å². The maximum Gasteiger partial charge on any atom is 0.335 e. The minimum atomic E-state index is -1.10. The van der Waals surface area contributed by atoms with E-state index in [9.17, 15) is 9.59 Å². The fraction of sp³-hybridized carbons (Fsp3) is 0.250. The quantitative estimate of drug-likeness (QED) is 0.392. The third kappa shape index (κ3) is 5.76. The van der Waals surface area contributed by atoms with Gasteiger partial charge in [-0.15, -0.1) is 11.8 Å². The van der Waals surface area contributed by atoms with Crippen molar-refractivity contribution < 1.29 is 19.4 Å². The van der Waals surface area contributed by atoms with Crippen LogP contribution in [0.4, 0.5) is 0 Å². The molecule has 5 heteroatoms. The van der Waals surface area contributed by atoms with E-state index in [0.717, 1.165) is 10.5 Å². The van der Waals surface area contributed by atoms with E-state index in [-0.39, 0.29) is 12.2 Å². The Labute approximate surface area is 128 Å². The van der Waals surface area contributed by atoms with E-state index in [1.165, 1.54) is 6.08 Å². The van der Waals surface area contributed by atoms with Crippen molar-refractivity contribution in [3.63, 3.8) is 0 Å². The first-order valence-corrected chi connectivity index (χ1v) is 7.53. The number of aliphatic carboxylic acids is 1. The van der Waals surface area contributed by atoms with Crippen LogP contribution in [0.1, 0.15) is 18.9 Å². The summed E-state index contributed by atoms with van der Waals surface area (Å²) in [5.74, 6) is 3.91. The second-order valence-electron chi connectivity index (χ2n) is 3.93. The number of ether oxygens (including phenoxy) is 1. The van der Waals surface area contributed by atoms with Crippen molar-refractivity contribution in [2.24, 2.45) is 0 Å². The summed E-state index contributed by atoms with van der Waals surface area (Å²) < 4.78 is 4.81. The van der Waals surface area contributed by atoms with Crippen molar-refractivity contribution in [1.82, 2.24) is 0 Å². The SMILES string of the molecule is CCOC(=O)/C(=C/C#Cc1ccccc1SC)CC(=O)O. The highest BCUT2D eigenvalue weighted by atomic mass is 32.2. The maximum atomic E-state index is 11.6. The topological polar surface area (TPSA) is 63.6 Å². The predicted octanol–water partition coefficient (Wildman–Crippen LogP) is 2.72. The molecule has 0 saturated heterocycles. The summed E-state index contributed by atoms with van der Waals surface area (Å²) in [4.78, 5) is 23.4. The molecule has 1 aromatic rings. The lowest BCUT2D eigenvalue weighted by atomic mass is 10.1. The van der Waals surface area contributed by atoms with Gasteiger partial charge in [0, 0.05) is 10.5 Å². The van der Waals surface area contributed by atoms with Gasteiger partial charge in [-0.1, -0.05) is 24.0 Å². The number of esters is 1. The van der Waals surface area contributed by atoms with Gasteiger partial charge in [-0.25, -0.2) is 4.79 Å². The van der Waals surface area contributed by atoms with Gasteiger partial charge < -0.3 is 9.84 Å². The molecule has 1 rings (SSSR count). The van der Waals surface area contributed by atoms with E-state index < -0.39 is 18.4 Å². The van der Waals surface area contributed by atoms with E-state index in [1.54, 1.807) is 18.7 Å². The lowest BCUT2D eigenvalue weighted by Gasteiger charge is -2.02. The largest absolute Gasteiger partial charge is 0.481 e. The zero-order valence-electron chi connectivity index (χ0n) is 11.9. The first-order valence-electron chi connectivity index (χ1n) is 6.31. The molecule has 1 aromatic carbocycles. The normalized spacial score (nSPS) is 10.5. The van der Waals surface area contributed by atoms with Crippen LogP contribution in [0.2, 0.25) is 0 Å². The fourth-order valence-corrected chi connectivity index (χ4v) is 2.07. The number of carbonyl (C=O) groups is 2. The Morgan fingerprint density at radius 3 is 2.71 bits per heavy atom. The molecule has 0 unspecified atom stereocenters. The van der Waals surface area contributed by atoms with Crippen LogP contribution in [0.15, 0.2) is 40.8 Å². The molecule has 0 aliphatic rings. The molecule has 0 aliphatic carbocycles. The van der Waals surface area contributed by atoms with E-state index in [0.29, 0.717) is 0 Å². The standard InChI is InChI=1S/C16H16O4S/c1-3-20-16(19)13(11-15(17)18)9-6-8-12-7-4-5-10-14(12)21-2/h4-5,7,9-10H,3,11H2,1-2H3,(H,17,18)/b13-9+. The van der Waals surface area contributed by atoms with Crippen molar-refractivity contribution in [2.45, 2.75) is 18.2 Å². The van der Waals surface area contributed by atoms with Crippen LogP contribution in [-0.2, 0) is 14.3 Å². The van der Waals surface area contributed by atoms with E-state index >= 15 is 0 Å². The van der Waals surface area contributed by atoms with Crippen LogP contribution < -0.4 is 0 Å². The number of hydrogen-bond donors (Lipinski definition) is 1. The van der Waals surface area contributed by atoms with Crippen molar-refractivity contribution in [3.05, 3.63) is 41.5 Å². The molecule has 4 nitrogen and oxygen atoms in total. The molecule has 0 heterocycles. The van der Waals surface area contributed by atoms with Crippen molar-refractivity contribution >= 4 is 23.7 Å². The summed E-state index contributed by atoms with van der Waals surface area (Å²) in [7, 11) is 0. The molecule has 0 radical (unpaired) electrons. The summed E-state index contributed by atoms with van der Waals surface area (Å²) in [5, 5.41) is 8.80. The Hall–Kier alpha value is -2.19. The fourth-order valence-electron chi connectivity index (χ4n) is 1.52. The molecule has 0 atom stereocenters. The molecule has 0 saturated carbocycles. The van der Waals surface area contributed by atoms with Gasteiger partial charge in [0.2, 0.25) is 0 Å². The molecule has 0 aliphatic heterocycles. The summed E-state index contributed by atoms with van der Waals surface area (Å²) in [6.45, 7) is 1.86. The lowest BCUT2D eigenvalue weighted by Crippen LogP contribution is -2.11. The van der Waals surface area contributed by atoms with E-state index in [2.05, 4.69) is 11.8 Å². The van der Waals surface area contributed by atoms with Crippen molar-refractivity contribution in [3.8, 4) is 11.8 Å². The van der Waals surface area contributed by atoms with E-state index in [1.807, 2.05) is 30.5 Å². The second kappa shape index (κ2) is 8.88. The minimum Gasteiger partial charge on any atom is -0.481 e. The highest BCUT2D eigenvalue weighted by Gasteiger charge is 2.13. The van der Waals surface area contributed by atoms with Gasteiger partial charge in [-0.2, -0.15) is 0 Å². The Kier molecular flexibility index (Phi) is 7.13. The lowest BCUT2D eigenvalue weighted by molar-refractivity contribution is -0.142. The van der Waals surface area contributed by atoms with Gasteiger partial charge in [0.15, 0.2) is 0 Å². The molecule has 0 amide bonds. The number of allylic oxidation sites excluding steroid dienone is 1. The third-order valence-electron chi connectivity index (χ3n) is 2.44. The number of hydrogen-bond acceptors (Lipinski definition) is 4. The molecule has 0 aromatic heterocycles. The summed E-state index contributed by atoms with van der Waals surface area (Å²) in [6, 6.07) is 7.61. The maximum absolute atomic E-state index is 11.6. The first kappa shape index (κ1) is 16.9. The van der Waals surface area contributed by atoms with Gasteiger partial charge in [-0.3, -0.25) is 4.79 Å². The summed E-state index contributed by atoms with van der Waals surface area (Å²) in [5.41, 5.74) is 0.873. The molecule has 110 valence electrons. The van der Waals surface area contributed by atoms with Crippen LogP contribution in [0.3, 0.4) is 0 Å². The number of carboxylic acids is 1. The Morgan fingerprint density at radius 2 is 2.10 bits per heavy atom. The van der Waals surface area contributed by atoms with Crippen molar-refractivity contribution in [1.29, 1.82) is 0 Å². The number of benzene rings is 1. The molecule has 1 N–H and O–H groups in total.